The van der Waals surface area contributed by atoms with Crippen LogP contribution in [0.25, 0.3) is 0 Å². The van der Waals surface area contributed by atoms with Crippen molar-refractivity contribution in [2.75, 3.05) is 0 Å². The minimum absolute atomic E-state index is 0.987. The Balaban J connectivity index is 1.46. The Labute approximate surface area is 170 Å². The summed E-state index contributed by atoms with van der Waals surface area (Å²) in [6.45, 7) is 15.0. The Hall–Kier alpha value is -0.606. The van der Waals surface area contributed by atoms with Crippen molar-refractivity contribution in [2.24, 2.45) is 5.92 Å². The van der Waals surface area contributed by atoms with Crippen molar-refractivity contribution in [3.8, 4) is 0 Å². The van der Waals surface area contributed by atoms with Crippen LogP contribution in [-0.4, -0.2) is 16.1 Å². The van der Waals surface area contributed by atoms with Gasteiger partial charge in [-0.05, 0) is 42.3 Å². The molecule has 0 bridgehead atoms. The molecule has 0 radical (unpaired) electrons. The number of allylic oxidation sites excluding steroid dienone is 1. The molecule has 2 fully saturated rings. The smallest absolute Gasteiger partial charge is 0.0845 e. The van der Waals surface area contributed by atoms with Gasteiger partial charge in [0.25, 0.3) is 0 Å². The normalized spacial score (nSPS) is 24.4. The lowest BCUT2D eigenvalue weighted by Crippen LogP contribution is -2.41. The van der Waals surface area contributed by atoms with E-state index in [2.05, 4.69) is 63.1 Å². The molecule has 1 aromatic carbocycles. The predicted octanol–water partition coefficient (Wildman–Crippen LogP) is 7.76. The minimum atomic E-state index is -1.37. The molecule has 0 aliphatic heterocycles. The second-order valence-electron chi connectivity index (χ2n) is 10.9. The average Bonchev–Trinajstić information content (AvgIpc) is 3.33. The van der Waals surface area contributed by atoms with Gasteiger partial charge in [-0.1, -0.05) is 106 Å². The van der Waals surface area contributed by atoms with E-state index < -0.39 is 16.1 Å². The van der Waals surface area contributed by atoms with Crippen LogP contribution in [0.5, 0.6) is 0 Å². The van der Waals surface area contributed by atoms with Crippen LogP contribution < -0.4 is 5.19 Å². The SMILES string of the molecule is C=C(CCC1CCC([Si](C)(C)C2CCCC2)C1)C[Si](C)(C)c1ccccc1. The lowest BCUT2D eigenvalue weighted by Gasteiger charge is -2.36. The maximum Gasteiger partial charge on any atom is 0.0845 e. The summed E-state index contributed by atoms with van der Waals surface area (Å²) in [5.74, 6) is 0.987. The highest BCUT2D eigenvalue weighted by atomic mass is 28.3. The van der Waals surface area contributed by atoms with E-state index in [4.69, 9.17) is 0 Å². The summed E-state index contributed by atoms with van der Waals surface area (Å²) < 4.78 is 0. The van der Waals surface area contributed by atoms with Crippen molar-refractivity contribution in [1.82, 2.24) is 0 Å². The quantitative estimate of drug-likeness (QED) is 0.310. The van der Waals surface area contributed by atoms with E-state index in [0.29, 0.717) is 0 Å². The molecule has 150 valence electrons. The number of hydrogen-bond donors (Lipinski definition) is 0. The van der Waals surface area contributed by atoms with Gasteiger partial charge < -0.3 is 0 Å². The molecule has 27 heavy (non-hydrogen) atoms. The van der Waals surface area contributed by atoms with Crippen molar-refractivity contribution in [3.63, 3.8) is 0 Å². The highest BCUT2D eigenvalue weighted by Gasteiger charge is 2.43. The second-order valence-corrected chi connectivity index (χ2v) is 20.9. The Morgan fingerprint density at radius 2 is 1.59 bits per heavy atom. The maximum atomic E-state index is 4.50. The van der Waals surface area contributed by atoms with Crippen LogP contribution >= 0.6 is 0 Å². The van der Waals surface area contributed by atoms with E-state index in [-0.39, 0.29) is 0 Å². The molecular weight excluding hydrogens is 356 g/mol. The molecule has 0 spiro atoms. The Bertz CT molecular complexity index is 610. The number of hydrogen-bond acceptors (Lipinski definition) is 0. The van der Waals surface area contributed by atoms with Crippen molar-refractivity contribution < 1.29 is 0 Å². The van der Waals surface area contributed by atoms with Crippen molar-refractivity contribution in [1.29, 1.82) is 0 Å². The predicted molar refractivity (Wildman–Crippen MR) is 128 cm³/mol. The van der Waals surface area contributed by atoms with Crippen LogP contribution in [0.1, 0.15) is 57.8 Å². The largest absolute Gasteiger partial charge is 0.100 e. The monoisotopic (exact) mass is 398 g/mol. The third kappa shape index (κ3) is 5.26. The summed E-state index contributed by atoms with van der Waals surface area (Å²) in [7, 11) is -2.41. The zero-order valence-electron chi connectivity index (χ0n) is 18.4. The van der Waals surface area contributed by atoms with Crippen LogP contribution in [-0.2, 0) is 0 Å². The topological polar surface area (TPSA) is 0 Å². The number of benzene rings is 1. The highest BCUT2D eigenvalue weighted by Crippen LogP contribution is 2.52. The van der Waals surface area contributed by atoms with Crippen LogP contribution in [0, 0.1) is 5.92 Å². The van der Waals surface area contributed by atoms with Crippen LogP contribution in [0.2, 0.25) is 43.3 Å². The molecule has 0 saturated heterocycles. The Morgan fingerprint density at radius 3 is 2.26 bits per heavy atom. The molecular formula is C25H42Si2. The lowest BCUT2D eigenvalue weighted by molar-refractivity contribution is 0.501. The fourth-order valence-corrected chi connectivity index (χ4v) is 13.3. The molecule has 0 nitrogen and oxygen atoms in total. The van der Waals surface area contributed by atoms with E-state index in [1.54, 1.807) is 24.4 Å². The third-order valence-corrected chi connectivity index (χ3v) is 16.7. The molecule has 2 unspecified atom stereocenters. The summed E-state index contributed by atoms with van der Waals surface area (Å²) in [5.41, 5.74) is 3.76. The van der Waals surface area contributed by atoms with Gasteiger partial charge in [-0.3, -0.25) is 0 Å². The van der Waals surface area contributed by atoms with Gasteiger partial charge in [0, 0.05) is 0 Å². The molecule has 3 rings (SSSR count). The summed E-state index contributed by atoms with van der Waals surface area (Å²) >= 11 is 0. The molecule has 2 aliphatic carbocycles. The summed E-state index contributed by atoms with van der Waals surface area (Å²) in [6.07, 6.45) is 13.4. The Kier molecular flexibility index (Phi) is 6.90. The lowest BCUT2D eigenvalue weighted by atomic mass is 9.99. The standard InChI is InChI=1S/C25H42Si2/c1-21(20-26(2,3)23-11-7-6-8-12-23)15-16-22-17-18-25(19-22)27(4,5)24-13-9-10-14-24/h6-8,11-12,22,24-25H,1,9-10,13-20H2,2-5H3. The van der Waals surface area contributed by atoms with Gasteiger partial charge in [-0.25, -0.2) is 0 Å². The van der Waals surface area contributed by atoms with E-state index in [9.17, 15) is 0 Å². The molecule has 0 aromatic heterocycles. The van der Waals surface area contributed by atoms with Crippen LogP contribution in [0.3, 0.4) is 0 Å². The molecule has 0 amide bonds. The molecule has 2 aliphatic rings. The van der Waals surface area contributed by atoms with Crippen molar-refractivity contribution >= 4 is 21.3 Å². The van der Waals surface area contributed by atoms with E-state index in [0.717, 1.165) is 17.0 Å². The summed E-state index contributed by atoms with van der Waals surface area (Å²) in [5, 5.41) is 1.58. The van der Waals surface area contributed by atoms with Gasteiger partial charge in [-0.2, -0.15) is 0 Å². The first-order valence-electron chi connectivity index (χ1n) is 11.5. The van der Waals surface area contributed by atoms with Gasteiger partial charge in [0.2, 0.25) is 0 Å². The van der Waals surface area contributed by atoms with E-state index >= 15 is 0 Å². The first kappa shape index (κ1) is 21.1. The van der Waals surface area contributed by atoms with Crippen molar-refractivity contribution in [3.05, 3.63) is 42.5 Å². The summed E-state index contributed by atoms with van der Waals surface area (Å²) in [6, 6.07) is 12.4. The molecule has 2 atom stereocenters. The van der Waals surface area contributed by atoms with E-state index in [1.165, 1.54) is 50.1 Å². The van der Waals surface area contributed by atoms with Crippen molar-refractivity contribution in [2.45, 2.75) is 101 Å². The fourth-order valence-electron chi connectivity index (χ4n) is 6.13. The van der Waals surface area contributed by atoms with Gasteiger partial charge >= 0.3 is 0 Å². The third-order valence-electron chi connectivity index (χ3n) is 8.15. The first-order valence-corrected chi connectivity index (χ1v) is 17.9. The first-order chi connectivity index (χ1) is 12.8. The van der Waals surface area contributed by atoms with Gasteiger partial charge in [0.15, 0.2) is 0 Å². The molecule has 0 N–H and O–H groups in total. The summed E-state index contributed by atoms with van der Waals surface area (Å²) in [4.78, 5) is 0. The average molecular weight is 399 g/mol. The Morgan fingerprint density at radius 1 is 0.926 bits per heavy atom. The fraction of sp³-hybridized carbons (Fsp3) is 0.680. The van der Waals surface area contributed by atoms with Crippen LogP contribution in [0.4, 0.5) is 0 Å². The zero-order valence-corrected chi connectivity index (χ0v) is 20.4. The van der Waals surface area contributed by atoms with Crippen LogP contribution in [0.15, 0.2) is 42.5 Å². The van der Waals surface area contributed by atoms with E-state index in [1.807, 2.05) is 0 Å². The molecule has 0 heterocycles. The maximum absolute atomic E-state index is 4.50. The van der Waals surface area contributed by atoms with Gasteiger partial charge in [0.1, 0.15) is 0 Å². The molecule has 2 heteroatoms. The minimum Gasteiger partial charge on any atom is -0.100 e. The van der Waals surface area contributed by atoms with Gasteiger partial charge in [-0.15, -0.1) is 6.58 Å². The highest BCUT2D eigenvalue weighted by molar-refractivity contribution is 6.90. The van der Waals surface area contributed by atoms with Gasteiger partial charge in [0.05, 0.1) is 16.1 Å². The molecule has 1 aromatic rings. The second kappa shape index (κ2) is 8.82. The zero-order chi connectivity index (χ0) is 19.5. The number of rotatable bonds is 8. The molecule has 2 saturated carbocycles.